The van der Waals surface area contributed by atoms with E-state index < -0.39 is 0 Å². The number of aryl methyl sites for hydroxylation is 1. The number of ether oxygens (including phenoxy) is 2. The van der Waals surface area contributed by atoms with Crippen molar-refractivity contribution in [3.8, 4) is 11.5 Å². The van der Waals surface area contributed by atoms with Gasteiger partial charge < -0.3 is 9.47 Å². The van der Waals surface area contributed by atoms with E-state index in [2.05, 4.69) is 23.1 Å². The first-order valence-corrected chi connectivity index (χ1v) is 8.25. The molecule has 5 rings (SSSR count). The zero-order valence-electron chi connectivity index (χ0n) is 12.4. The summed E-state index contributed by atoms with van der Waals surface area (Å²) >= 11 is 0. The zero-order chi connectivity index (χ0) is 13.9. The summed E-state index contributed by atoms with van der Waals surface area (Å²) in [6.07, 6.45) is 10.0. The van der Waals surface area contributed by atoms with E-state index in [0.717, 1.165) is 17.9 Å². The largest absolute Gasteiger partial charge is 0.454 e. The second-order valence-electron chi connectivity index (χ2n) is 6.69. The Bertz CT molecular complexity index is 636. The number of rotatable bonds is 0. The summed E-state index contributed by atoms with van der Waals surface area (Å²) in [6, 6.07) is 4.54. The molecule has 0 amide bonds. The van der Waals surface area contributed by atoms with Gasteiger partial charge in [-0.05, 0) is 73.9 Å². The van der Waals surface area contributed by atoms with E-state index in [4.69, 9.17) is 9.47 Å². The molecule has 1 aromatic carbocycles. The lowest BCUT2D eigenvalue weighted by Crippen LogP contribution is -2.43. The van der Waals surface area contributed by atoms with Crippen LogP contribution in [0.2, 0.25) is 0 Å². The van der Waals surface area contributed by atoms with E-state index >= 15 is 0 Å². The van der Waals surface area contributed by atoms with Crippen LogP contribution >= 0.6 is 0 Å². The van der Waals surface area contributed by atoms with E-state index in [1.54, 1.807) is 5.57 Å². The van der Waals surface area contributed by atoms with Gasteiger partial charge in [-0.2, -0.15) is 0 Å². The number of hydrogen-bond acceptors (Lipinski definition) is 3. The highest BCUT2D eigenvalue weighted by Gasteiger charge is 2.49. The summed E-state index contributed by atoms with van der Waals surface area (Å²) < 4.78 is 11.3. The number of allylic oxidation sites excluding steroid dienone is 1. The molecular formula is C18H21NO2. The van der Waals surface area contributed by atoms with Crippen LogP contribution in [0, 0.1) is 0 Å². The van der Waals surface area contributed by atoms with E-state index in [1.807, 2.05) is 0 Å². The van der Waals surface area contributed by atoms with Crippen molar-refractivity contribution >= 4 is 0 Å². The molecule has 1 aliphatic carbocycles. The fourth-order valence-corrected chi connectivity index (χ4v) is 4.90. The molecule has 1 fully saturated rings. The lowest BCUT2D eigenvalue weighted by Gasteiger charge is -2.42. The third-order valence-corrected chi connectivity index (χ3v) is 5.77. The van der Waals surface area contributed by atoms with Crippen LogP contribution in [0.3, 0.4) is 0 Å². The van der Waals surface area contributed by atoms with Gasteiger partial charge in [-0.15, -0.1) is 0 Å². The lowest BCUT2D eigenvalue weighted by molar-refractivity contribution is 0.148. The molecular weight excluding hydrogens is 262 g/mol. The van der Waals surface area contributed by atoms with Crippen molar-refractivity contribution in [2.45, 2.75) is 44.1 Å². The summed E-state index contributed by atoms with van der Waals surface area (Å²) in [7, 11) is 0. The molecule has 3 heterocycles. The van der Waals surface area contributed by atoms with Crippen LogP contribution in [-0.2, 0) is 12.0 Å². The molecule has 1 aromatic rings. The minimum Gasteiger partial charge on any atom is -0.454 e. The molecule has 0 saturated carbocycles. The van der Waals surface area contributed by atoms with Crippen LogP contribution < -0.4 is 9.47 Å². The van der Waals surface area contributed by atoms with Gasteiger partial charge in [0.15, 0.2) is 11.5 Å². The molecule has 1 saturated heterocycles. The van der Waals surface area contributed by atoms with Crippen molar-refractivity contribution in [1.82, 2.24) is 4.90 Å². The van der Waals surface area contributed by atoms with E-state index in [-0.39, 0.29) is 5.54 Å². The first-order valence-electron chi connectivity index (χ1n) is 8.25. The van der Waals surface area contributed by atoms with Crippen molar-refractivity contribution in [2.24, 2.45) is 0 Å². The van der Waals surface area contributed by atoms with Gasteiger partial charge in [-0.25, -0.2) is 0 Å². The maximum atomic E-state index is 5.67. The molecule has 0 radical (unpaired) electrons. The molecule has 1 atom stereocenters. The molecule has 0 bridgehead atoms. The summed E-state index contributed by atoms with van der Waals surface area (Å²) in [5.74, 6) is 1.89. The van der Waals surface area contributed by atoms with E-state index in [9.17, 15) is 0 Å². The third kappa shape index (κ3) is 1.53. The molecule has 1 spiro atoms. The van der Waals surface area contributed by atoms with Crippen LogP contribution in [-0.4, -0.2) is 24.8 Å². The Morgan fingerprint density at radius 2 is 1.90 bits per heavy atom. The molecule has 4 aliphatic rings. The zero-order valence-corrected chi connectivity index (χ0v) is 12.4. The van der Waals surface area contributed by atoms with Crippen molar-refractivity contribution < 1.29 is 9.47 Å². The number of benzene rings is 1. The van der Waals surface area contributed by atoms with Crippen LogP contribution in [0.25, 0.3) is 0 Å². The molecule has 3 heteroatoms. The SMILES string of the molecule is C1=C2CCN3CCCc4cc5c(cc4C23CCC1)OCO5. The summed E-state index contributed by atoms with van der Waals surface area (Å²) in [6.45, 7) is 2.82. The van der Waals surface area contributed by atoms with Gasteiger partial charge in [0, 0.05) is 6.54 Å². The Labute approximate surface area is 125 Å². The summed E-state index contributed by atoms with van der Waals surface area (Å²) in [5, 5.41) is 0. The fourth-order valence-electron chi connectivity index (χ4n) is 4.90. The van der Waals surface area contributed by atoms with Gasteiger partial charge in [0.2, 0.25) is 6.79 Å². The van der Waals surface area contributed by atoms with Crippen molar-refractivity contribution in [2.75, 3.05) is 19.9 Å². The Kier molecular flexibility index (Phi) is 2.46. The smallest absolute Gasteiger partial charge is 0.231 e. The predicted molar refractivity (Wildman–Crippen MR) is 80.7 cm³/mol. The lowest BCUT2D eigenvalue weighted by atomic mass is 9.74. The Morgan fingerprint density at radius 3 is 2.86 bits per heavy atom. The second kappa shape index (κ2) is 4.26. The average molecular weight is 283 g/mol. The molecule has 0 aromatic heterocycles. The van der Waals surface area contributed by atoms with E-state index in [0.29, 0.717) is 6.79 Å². The maximum Gasteiger partial charge on any atom is 0.231 e. The topological polar surface area (TPSA) is 21.7 Å². The molecule has 3 nitrogen and oxygen atoms in total. The van der Waals surface area contributed by atoms with Crippen LogP contribution in [0.15, 0.2) is 23.8 Å². The molecule has 3 aliphatic heterocycles. The van der Waals surface area contributed by atoms with Crippen molar-refractivity contribution in [3.05, 3.63) is 34.9 Å². The van der Waals surface area contributed by atoms with Crippen LogP contribution in [0.1, 0.15) is 43.2 Å². The van der Waals surface area contributed by atoms with Gasteiger partial charge in [-0.3, -0.25) is 4.90 Å². The van der Waals surface area contributed by atoms with Gasteiger partial charge in [0.1, 0.15) is 0 Å². The minimum absolute atomic E-state index is 0.172. The Balaban J connectivity index is 1.76. The Hall–Kier alpha value is -1.48. The van der Waals surface area contributed by atoms with Crippen LogP contribution in [0.5, 0.6) is 11.5 Å². The highest BCUT2D eigenvalue weighted by atomic mass is 16.7. The average Bonchev–Trinajstić information content (AvgIpc) is 3.08. The first-order chi connectivity index (χ1) is 10.4. The molecule has 1 unspecified atom stereocenters. The van der Waals surface area contributed by atoms with E-state index in [1.165, 1.54) is 56.3 Å². The van der Waals surface area contributed by atoms with Gasteiger partial charge in [0.05, 0.1) is 5.54 Å². The third-order valence-electron chi connectivity index (χ3n) is 5.77. The monoisotopic (exact) mass is 283 g/mol. The standard InChI is InChI=1S/C18H21NO2/c1-2-7-18-14(5-1)6-9-19(18)8-3-4-13-10-16-17(11-15(13)18)21-12-20-16/h5,10-11H,1-4,6-9,12H2. The van der Waals surface area contributed by atoms with Gasteiger partial charge in [0.25, 0.3) is 0 Å². The maximum absolute atomic E-state index is 5.67. The van der Waals surface area contributed by atoms with Crippen molar-refractivity contribution in [1.29, 1.82) is 0 Å². The highest BCUT2D eigenvalue weighted by molar-refractivity contribution is 5.55. The number of hydrogen-bond donors (Lipinski definition) is 0. The fraction of sp³-hybridized carbons (Fsp3) is 0.556. The predicted octanol–water partition coefficient (Wildman–Crippen LogP) is 3.37. The van der Waals surface area contributed by atoms with Crippen LogP contribution in [0.4, 0.5) is 0 Å². The second-order valence-corrected chi connectivity index (χ2v) is 6.69. The summed E-state index contributed by atoms with van der Waals surface area (Å²) in [4.78, 5) is 2.74. The van der Waals surface area contributed by atoms with Crippen molar-refractivity contribution in [3.63, 3.8) is 0 Å². The Morgan fingerprint density at radius 1 is 1.00 bits per heavy atom. The molecule has 21 heavy (non-hydrogen) atoms. The van der Waals surface area contributed by atoms with Gasteiger partial charge in [-0.1, -0.05) is 6.08 Å². The number of fused-ring (bicyclic) bond motifs is 2. The number of nitrogens with zero attached hydrogens (tertiary/aromatic N) is 1. The normalized spacial score (nSPS) is 30.2. The summed E-state index contributed by atoms with van der Waals surface area (Å²) in [5.41, 5.74) is 4.82. The minimum atomic E-state index is 0.172. The quantitative estimate of drug-likeness (QED) is 0.681. The van der Waals surface area contributed by atoms with Gasteiger partial charge >= 0.3 is 0 Å². The molecule has 0 N–H and O–H groups in total. The first kappa shape index (κ1) is 12.1. The molecule has 110 valence electrons. The highest BCUT2D eigenvalue weighted by Crippen LogP contribution is 2.53.